The van der Waals surface area contributed by atoms with Gasteiger partial charge in [0.2, 0.25) is 0 Å². The largest absolute Gasteiger partial charge is 1.00 e. The summed E-state index contributed by atoms with van der Waals surface area (Å²) in [5, 5.41) is 0. The summed E-state index contributed by atoms with van der Waals surface area (Å²) in [7, 11) is 0. The Morgan fingerprint density at radius 2 is 0.556 bits per heavy atom. The summed E-state index contributed by atoms with van der Waals surface area (Å²) in [6, 6.07) is 0. The fraction of sp³-hybridized carbons (Fsp3) is 0. The third kappa shape index (κ3) is 52.4. The predicted octanol–water partition coefficient (Wildman–Crippen LogP) is -0.921. The molecule has 0 spiro atoms. The molecule has 0 bridgehead atoms. The van der Waals surface area contributed by atoms with Gasteiger partial charge in [-0.1, -0.05) is 0 Å². The van der Waals surface area contributed by atoms with Crippen molar-refractivity contribution >= 4 is 81.0 Å². The van der Waals surface area contributed by atoms with Crippen LogP contribution < -0.4 is 103 Å². The number of hydrogen-bond acceptors (Lipinski definition) is 0. The van der Waals surface area contributed by atoms with Crippen LogP contribution in [0.15, 0.2) is 0 Å². The molecule has 0 aromatic rings. The molecule has 53 valence electrons. The summed E-state index contributed by atoms with van der Waals surface area (Å²) in [5.41, 5.74) is 0. The zero-order valence-electron chi connectivity index (χ0n) is 4.60. The molecule has 0 rings (SSSR count). The third-order valence-corrected chi connectivity index (χ3v) is 0. The SMILES string of the molecule is [Br][Ir-2]([Br])([Br])([Br])([Br])[Br].[K+].[K+]. The van der Waals surface area contributed by atoms with E-state index in [9.17, 15) is 0 Å². The molecule has 0 nitrogen and oxygen atoms in total. The number of halogens is 6. The Hall–Kier alpha value is 6.80. The third-order valence-electron chi connectivity index (χ3n) is 0. The first-order valence-electron chi connectivity index (χ1n) is 0.756. The number of hydrogen-bond donors (Lipinski definition) is 0. The Balaban J connectivity index is -0.000000180. The summed E-state index contributed by atoms with van der Waals surface area (Å²) in [6.45, 7) is 0. The zero-order chi connectivity index (χ0) is 6.41. The van der Waals surface area contributed by atoms with Crippen molar-refractivity contribution in [3.05, 3.63) is 0 Å². The summed E-state index contributed by atoms with van der Waals surface area (Å²) in [4.78, 5) is 0. The molecule has 9 heavy (non-hydrogen) atoms. The minimum absolute atomic E-state index is 0. The normalized spacial score (nSPS) is 18.0. The number of rotatable bonds is 0. The molecule has 0 atom stereocenters. The Morgan fingerprint density at radius 3 is 0.556 bits per heavy atom. The maximum Gasteiger partial charge on any atom is 1.00 e. The molecule has 0 amide bonds. The van der Waals surface area contributed by atoms with Crippen LogP contribution in [0.5, 0.6) is 0 Å². The molecule has 0 radical (unpaired) electrons. The first-order valence-corrected chi connectivity index (χ1v) is 32.2. The van der Waals surface area contributed by atoms with Crippen LogP contribution in [0.1, 0.15) is 0 Å². The van der Waals surface area contributed by atoms with Crippen molar-refractivity contribution in [1.82, 2.24) is 0 Å². The maximum atomic E-state index is 3.35. The molecule has 0 aromatic heterocycles. The molecule has 0 heterocycles. The van der Waals surface area contributed by atoms with Crippen LogP contribution in [-0.2, 0) is 0.881 Å². The molecule has 0 saturated carbocycles. The van der Waals surface area contributed by atoms with Gasteiger partial charge in [-0.2, -0.15) is 0 Å². The minimum Gasteiger partial charge on any atom is 1.00 e. The van der Waals surface area contributed by atoms with Gasteiger partial charge in [0.1, 0.15) is 0 Å². The molecular formula is Br6IrK2. The monoisotopic (exact) mass is 744 g/mol. The maximum absolute atomic E-state index is 3.35. The van der Waals surface area contributed by atoms with E-state index in [-0.39, 0.29) is 103 Å². The van der Waals surface area contributed by atoms with Crippen LogP contribution in [0, 0.1) is 0 Å². The Morgan fingerprint density at radius 1 is 0.556 bits per heavy atom. The fourth-order valence-electron chi connectivity index (χ4n) is 0. The van der Waals surface area contributed by atoms with Crippen LogP contribution in [0.2, 0.25) is 0 Å². The first kappa shape index (κ1) is 21.1. The summed E-state index contributed by atoms with van der Waals surface area (Å²) in [6.07, 6.45) is 0. The van der Waals surface area contributed by atoms with Gasteiger partial charge in [0.15, 0.2) is 0 Å². The van der Waals surface area contributed by atoms with Crippen molar-refractivity contribution in [1.29, 1.82) is 0 Å². The summed E-state index contributed by atoms with van der Waals surface area (Å²) < 4.78 is -3.29. The van der Waals surface area contributed by atoms with Gasteiger partial charge in [-0.05, 0) is 0 Å². The van der Waals surface area contributed by atoms with E-state index in [4.69, 9.17) is 0 Å². The molecule has 0 N–H and O–H groups in total. The van der Waals surface area contributed by atoms with Crippen molar-refractivity contribution in [2.45, 2.75) is 0 Å². The van der Waals surface area contributed by atoms with E-state index in [1.54, 1.807) is 0 Å². The van der Waals surface area contributed by atoms with Crippen molar-refractivity contribution in [3.63, 3.8) is 0 Å². The van der Waals surface area contributed by atoms with Crippen molar-refractivity contribution < 1.29 is 104 Å². The quantitative estimate of drug-likeness (QED) is 0.282. The van der Waals surface area contributed by atoms with E-state index >= 15 is 0 Å². The second-order valence-electron chi connectivity index (χ2n) is 0.714. The average molecular weight is 750 g/mol. The summed E-state index contributed by atoms with van der Waals surface area (Å²) in [5.74, 6) is 0. The van der Waals surface area contributed by atoms with Gasteiger partial charge in [-0.15, -0.1) is 0 Å². The topological polar surface area (TPSA) is 0 Å². The van der Waals surface area contributed by atoms with E-state index in [2.05, 4.69) is 81.0 Å². The molecule has 0 aliphatic carbocycles. The van der Waals surface area contributed by atoms with Crippen LogP contribution >= 0.6 is 81.0 Å². The van der Waals surface area contributed by atoms with Gasteiger partial charge < -0.3 is 0 Å². The molecule has 9 heteroatoms. The van der Waals surface area contributed by atoms with E-state index < -0.39 is 0.881 Å². The van der Waals surface area contributed by atoms with Crippen molar-refractivity contribution in [2.24, 2.45) is 0 Å². The average Bonchev–Trinajstić information content (AvgIpc) is 0.592. The van der Waals surface area contributed by atoms with E-state index in [1.165, 1.54) is 0 Å². The van der Waals surface area contributed by atoms with Crippen molar-refractivity contribution in [2.75, 3.05) is 0 Å². The van der Waals surface area contributed by atoms with E-state index in [0.717, 1.165) is 0 Å². The van der Waals surface area contributed by atoms with Crippen LogP contribution in [-0.4, -0.2) is 0 Å². The van der Waals surface area contributed by atoms with Crippen LogP contribution in [0.4, 0.5) is 0 Å². The second-order valence-corrected chi connectivity index (χ2v) is 158. The van der Waals surface area contributed by atoms with Gasteiger partial charge in [0.05, 0.1) is 0 Å². The van der Waals surface area contributed by atoms with Gasteiger partial charge in [0, 0.05) is 0 Å². The van der Waals surface area contributed by atoms with Gasteiger partial charge >= 0.3 is 185 Å². The minimum atomic E-state index is -3.29. The van der Waals surface area contributed by atoms with E-state index in [1.807, 2.05) is 0 Å². The van der Waals surface area contributed by atoms with Gasteiger partial charge in [0.25, 0.3) is 0 Å². The van der Waals surface area contributed by atoms with E-state index in [0.29, 0.717) is 0 Å². The Labute approximate surface area is 178 Å². The van der Waals surface area contributed by atoms with Crippen LogP contribution in [0.3, 0.4) is 0 Å². The molecular weight excluding hydrogens is 750 g/mol. The smallest absolute Gasteiger partial charge is 1.00 e. The summed E-state index contributed by atoms with van der Waals surface area (Å²) >= 11 is 20.1. The molecule has 0 aliphatic rings. The fourth-order valence-corrected chi connectivity index (χ4v) is 0. The molecule has 0 aliphatic heterocycles. The van der Waals surface area contributed by atoms with Gasteiger partial charge in [-0.3, -0.25) is 0 Å². The second kappa shape index (κ2) is 5.93. The van der Waals surface area contributed by atoms with Crippen LogP contribution in [0.25, 0.3) is 0 Å². The molecule has 0 saturated heterocycles. The zero-order valence-corrected chi connectivity index (χ0v) is 22.8. The Bertz CT molecular complexity index is 69.6. The molecule has 0 unspecified atom stereocenters. The van der Waals surface area contributed by atoms with Gasteiger partial charge in [-0.25, -0.2) is 0 Å². The first-order chi connectivity index (χ1) is 2.45. The standard InChI is InChI=1S/6BrH.Ir.2K/h6*1H;;;/q;;;;;;+4;2*+1/p-6. The molecule has 0 fully saturated rings. The molecule has 0 aromatic carbocycles. The van der Waals surface area contributed by atoms with Crippen molar-refractivity contribution in [3.8, 4) is 0 Å². The Kier molecular flexibility index (Phi) is 13.9. The predicted molar refractivity (Wildman–Crippen MR) is 53.6 cm³/mol.